The van der Waals surface area contributed by atoms with Crippen LogP contribution in [-0.4, -0.2) is 55.0 Å². The van der Waals surface area contributed by atoms with Crippen LogP contribution in [0.2, 0.25) is 0 Å². The molecule has 0 rings (SSSR count). The maximum Gasteiger partial charge on any atom is 0.302 e. The highest BCUT2D eigenvalue weighted by atomic mass is 28.2. The Balaban J connectivity index is 4.62. The number of ether oxygens (including phenoxy) is 4. The van der Waals surface area contributed by atoms with Crippen LogP contribution in [0.4, 0.5) is 0 Å². The quantitative estimate of drug-likeness (QED) is 0.301. The molecule has 0 aliphatic heterocycles. The van der Waals surface area contributed by atoms with Crippen molar-refractivity contribution < 1.29 is 28.2 Å². The molecule has 0 spiro atoms. The summed E-state index contributed by atoms with van der Waals surface area (Å²) < 4.78 is 27.3. The molecule has 7 heteroatoms. The molecule has 0 heterocycles. The van der Waals surface area contributed by atoms with E-state index in [2.05, 4.69) is 0 Å². The molecular weight excluding hydrogens is 280 g/mol. The van der Waals surface area contributed by atoms with Crippen LogP contribution in [0.15, 0.2) is 0 Å². The molecule has 20 heavy (non-hydrogen) atoms. The molecule has 0 N–H and O–H groups in total. The van der Waals surface area contributed by atoms with Gasteiger partial charge in [0.2, 0.25) is 0 Å². The summed E-state index contributed by atoms with van der Waals surface area (Å²) in [6.45, 7) is 8.89. The van der Waals surface area contributed by atoms with Crippen molar-refractivity contribution in [2.45, 2.75) is 52.6 Å². The van der Waals surface area contributed by atoms with E-state index in [1.54, 1.807) is 0 Å². The number of hydrogen-bond donors (Lipinski definition) is 0. The first-order valence-electron chi connectivity index (χ1n) is 7.11. The highest BCUT2D eigenvalue weighted by Gasteiger charge is 2.33. The van der Waals surface area contributed by atoms with E-state index >= 15 is 0 Å². The smallest absolute Gasteiger partial charge is 0.302 e. The number of carbonyl (C=O) groups excluding carboxylic acids is 1. The molecule has 6 nitrogen and oxygen atoms in total. The Kier molecular flexibility index (Phi) is 10.9. The third kappa shape index (κ3) is 7.96. The van der Waals surface area contributed by atoms with E-state index in [0.717, 1.165) is 0 Å². The summed E-state index contributed by atoms with van der Waals surface area (Å²) in [6, 6.07) is 0. The lowest BCUT2D eigenvalue weighted by atomic mass is 10.2. The fraction of sp³-hybridized carbons (Fsp3) is 0.923. The molecule has 0 aromatic rings. The summed E-state index contributed by atoms with van der Waals surface area (Å²) in [5.74, 6) is -1.38. The summed E-state index contributed by atoms with van der Waals surface area (Å²) in [5.41, 5.74) is 0. The van der Waals surface area contributed by atoms with Gasteiger partial charge >= 0.3 is 5.97 Å². The van der Waals surface area contributed by atoms with Crippen molar-refractivity contribution in [1.29, 1.82) is 0 Å². The van der Waals surface area contributed by atoms with Crippen LogP contribution in [0, 0.1) is 0 Å². The number of rotatable bonds is 12. The second-order valence-electron chi connectivity index (χ2n) is 4.21. The third-order valence-electron chi connectivity index (χ3n) is 2.55. The van der Waals surface area contributed by atoms with Crippen molar-refractivity contribution >= 4 is 16.5 Å². The zero-order chi connectivity index (χ0) is 15.4. The van der Waals surface area contributed by atoms with Crippen LogP contribution < -0.4 is 0 Å². The molecule has 0 bridgehead atoms. The van der Waals surface area contributed by atoms with E-state index in [4.69, 9.17) is 23.4 Å². The van der Waals surface area contributed by atoms with E-state index in [1.807, 2.05) is 20.8 Å². The van der Waals surface area contributed by atoms with Crippen LogP contribution in [0.1, 0.15) is 40.5 Å². The van der Waals surface area contributed by atoms with Gasteiger partial charge in [-0.1, -0.05) is 0 Å². The molecule has 0 radical (unpaired) electrons. The Morgan fingerprint density at radius 2 is 1.60 bits per heavy atom. The van der Waals surface area contributed by atoms with E-state index in [-0.39, 0.29) is 12.1 Å². The van der Waals surface area contributed by atoms with Crippen molar-refractivity contribution in [3.8, 4) is 0 Å². The fourth-order valence-corrected chi connectivity index (χ4v) is 2.31. The van der Waals surface area contributed by atoms with Crippen LogP contribution in [0.25, 0.3) is 0 Å². The summed E-state index contributed by atoms with van der Waals surface area (Å²) >= 11 is 0. The molecule has 0 aliphatic carbocycles. The van der Waals surface area contributed by atoms with Gasteiger partial charge in [0.1, 0.15) is 16.6 Å². The minimum atomic E-state index is -1.07. The van der Waals surface area contributed by atoms with Gasteiger partial charge in [0, 0.05) is 33.2 Å². The molecule has 0 aliphatic rings. The molecule has 0 fully saturated rings. The van der Waals surface area contributed by atoms with Crippen LogP contribution in [-0.2, 0) is 28.2 Å². The van der Waals surface area contributed by atoms with Crippen LogP contribution >= 0.6 is 0 Å². The first-order chi connectivity index (χ1) is 9.53. The molecule has 0 aromatic heterocycles. The van der Waals surface area contributed by atoms with Gasteiger partial charge in [-0.05, 0) is 27.2 Å². The zero-order valence-corrected chi connectivity index (χ0v) is 15.3. The minimum absolute atomic E-state index is 0.300. The van der Waals surface area contributed by atoms with Gasteiger partial charge in [-0.3, -0.25) is 4.79 Å². The summed E-state index contributed by atoms with van der Waals surface area (Å²) in [4.78, 5) is 11.1. The van der Waals surface area contributed by atoms with Gasteiger partial charge in [-0.15, -0.1) is 0 Å². The standard InChI is InChI=1S/C13H28O6Si/c1-5-15-13(16-6-2,17-7-3)9-8-12(10-18-20)19-11(4)14/h12H,5-10H2,1-4,20H3. The predicted molar refractivity (Wildman–Crippen MR) is 78.3 cm³/mol. The SMILES string of the molecule is CCOC(CCC(CO[SiH3])OC(C)=O)(OCC)OCC. The van der Waals surface area contributed by atoms with Crippen molar-refractivity contribution in [2.75, 3.05) is 26.4 Å². The van der Waals surface area contributed by atoms with E-state index < -0.39 is 5.97 Å². The van der Waals surface area contributed by atoms with Gasteiger partial charge in [-0.2, -0.15) is 0 Å². The molecule has 0 saturated heterocycles. The van der Waals surface area contributed by atoms with Crippen molar-refractivity contribution in [2.24, 2.45) is 0 Å². The number of hydrogen-bond acceptors (Lipinski definition) is 6. The minimum Gasteiger partial charge on any atom is -0.460 e. The highest BCUT2D eigenvalue weighted by molar-refractivity contribution is 5.97. The maximum absolute atomic E-state index is 11.1. The Labute approximate surface area is 124 Å². The fourth-order valence-electron chi connectivity index (χ4n) is 1.94. The van der Waals surface area contributed by atoms with Crippen LogP contribution in [0.5, 0.6) is 0 Å². The van der Waals surface area contributed by atoms with Gasteiger partial charge in [0.05, 0.1) is 6.61 Å². The average Bonchev–Trinajstić information content (AvgIpc) is 2.37. The molecular formula is C13H28O6Si. The molecule has 0 saturated carbocycles. The normalized spacial score (nSPS) is 13.4. The first kappa shape index (κ1) is 19.5. The molecule has 1 atom stereocenters. The zero-order valence-electron chi connectivity index (χ0n) is 13.3. The van der Waals surface area contributed by atoms with Crippen LogP contribution in [0.3, 0.4) is 0 Å². The second kappa shape index (κ2) is 11.2. The van der Waals surface area contributed by atoms with Crippen molar-refractivity contribution in [3.05, 3.63) is 0 Å². The van der Waals surface area contributed by atoms with E-state index in [0.29, 0.717) is 49.8 Å². The third-order valence-corrected chi connectivity index (χ3v) is 2.88. The average molecular weight is 308 g/mol. The Morgan fingerprint density at radius 1 is 1.10 bits per heavy atom. The molecule has 0 amide bonds. The highest BCUT2D eigenvalue weighted by Crippen LogP contribution is 2.24. The lowest BCUT2D eigenvalue weighted by Crippen LogP contribution is -2.41. The van der Waals surface area contributed by atoms with Gasteiger partial charge in [0.25, 0.3) is 5.97 Å². The van der Waals surface area contributed by atoms with E-state index in [9.17, 15) is 4.79 Å². The second-order valence-corrected chi connectivity index (χ2v) is 4.78. The van der Waals surface area contributed by atoms with Gasteiger partial charge < -0.3 is 23.4 Å². The summed E-state index contributed by atoms with van der Waals surface area (Å²) in [6.07, 6.45) is 0.735. The van der Waals surface area contributed by atoms with Crippen molar-refractivity contribution in [1.82, 2.24) is 0 Å². The Morgan fingerprint density at radius 3 is 1.95 bits per heavy atom. The molecule has 1 unspecified atom stereocenters. The Hall–Kier alpha value is -0.473. The Bertz CT molecular complexity index is 244. The molecule has 0 aromatic carbocycles. The monoisotopic (exact) mass is 308 g/mol. The van der Waals surface area contributed by atoms with E-state index in [1.165, 1.54) is 6.92 Å². The number of carbonyl (C=O) groups is 1. The maximum atomic E-state index is 11.1. The molecule has 120 valence electrons. The predicted octanol–water partition coefficient (Wildman–Crippen LogP) is 0.759. The number of esters is 1. The lowest BCUT2D eigenvalue weighted by Gasteiger charge is -2.33. The first-order valence-corrected chi connectivity index (χ1v) is 7.93. The summed E-state index contributed by atoms with van der Waals surface area (Å²) in [5, 5.41) is 0. The lowest BCUT2D eigenvalue weighted by molar-refractivity contribution is -0.381. The summed E-state index contributed by atoms with van der Waals surface area (Å²) in [7, 11) is 0.603. The topological polar surface area (TPSA) is 63.2 Å². The van der Waals surface area contributed by atoms with Gasteiger partial charge in [-0.25, -0.2) is 0 Å². The van der Waals surface area contributed by atoms with Gasteiger partial charge in [0.15, 0.2) is 0 Å². The van der Waals surface area contributed by atoms with Crippen molar-refractivity contribution in [3.63, 3.8) is 0 Å². The largest absolute Gasteiger partial charge is 0.460 e.